The van der Waals surface area contributed by atoms with E-state index in [0.717, 1.165) is 4.90 Å². The van der Waals surface area contributed by atoms with Crippen molar-refractivity contribution in [2.45, 2.75) is 12.5 Å². The van der Waals surface area contributed by atoms with Crippen LogP contribution in [-0.4, -0.2) is 29.3 Å². The molecule has 0 bridgehead atoms. The van der Waals surface area contributed by atoms with E-state index < -0.39 is 29.9 Å². The predicted octanol–water partition coefficient (Wildman–Crippen LogP) is 2.68. The molecule has 26 heavy (non-hydrogen) atoms. The van der Waals surface area contributed by atoms with E-state index in [1.807, 2.05) is 11.4 Å². The number of thiophene rings is 1. The number of benzene rings is 1. The number of nitriles is 1. The van der Waals surface area contributed by atoms with Crippen LogP contribution in [0, 0.1) is 11.3 Å². The molecule has 0 aliphatic carbocycles. The van der Waals surface area contributed by atoms with Gasteiger partial charge in [-0.25, -0.2) is 4.79 Å². The van der Waals surface area contributed by atoms with Crippen LogP contribution in [0.1, 0.15) is 17.4 Å². The van der Waals surface area contributed by atoms with E-state index in [2.05, 4.69) is 10.6 Å². The van der Waals surface area contributed by atoms with Gasteiger partial charge in [-0.1, -0.05) is 17.7 Å². The molecule has 1 aromatic carbocycles. The smallest absolute Gasteiger partial charge is 0.324 e. The first kappa shape index (κ1) is 17.9. The molecule has 9 heteroatoms. The number of carbonyl (C=O) groups excluding carboxylic acids is 3. The summed E-state index contributed by atoms with van der Waals surface area (Å²) in [4.78, 5) is 38.7. The molecule has 3 rings (SSSR count). The number of anilines is 1. The van der Waals surface area contributed by atoms with Crippen molar-refractivity contribution in [1.82, 2.24) is 10.2 Å². The Kier molecular flexibility index (Phi) is 4.68. The molecule has 7 nitrogen and oxygen atoms in total. The molecular weight excluding hydrogens is 376 g/mol. The lowest BCUT2D eigenvalue weighted by Crippen LogP contribution is -2.41. The number of imide groups is 1. The van der Waals surface area contributed by atoms with Crippen molar-refractivity contribution in [3.63, 3.8) is 0 Å². The van der Waals surface area contributed by atoms with E-state index in [9.17, 15) is 14.4 Å². The predicted molar refractivity (Wildman–Crippen MR) is 96.7 cm³/mol. The van der Waals surface area contributed by atoms with Gasteiger partial charge in [0, 0.05) is 10.6 Å². The summed E-state index contributed by atoms with van der Waals surface area (Å²) in [5.41, 5.74) is -0.527. The lowest BCUT2D eigenvalue weighted by molar-refractivity contribution is -0.133. The molecule has 0 radical (unpaired) electrons. The highest BCUT2D eigenvalue weighted by molar-refractivity contribution is 7.10. The first-order valence-corrected chi connectivity index (χ1v) is 8.78. The van der Waals surface area contributed by atoms with Gasteiger partial charge in [0.2, 0.25) is 5.91 Å². The molecule has 1 atom stereocenters. The Morgan fingerprint density at radius 2 is 2.19 bits per heavy atom. The second kappa shape index (κ2) is 6.78. The molecule has 132 valence electrons. The van der Waals surface area contributed by atoms with Gasteiger partial charge in [-0.15, -0.1) is 11.3 Å². The van der Waals surface area contributed by atoms with Crippen molar-refractivity contribution < 1.29 is 14.4 Å². The highest BCUT2D eigenvalue weighted by Gasteiger charge is 2.50. The van der Waals surface area contributed by atoms with Crippen LogP contribution in [-0.2, 0) is 15.1 Å². The number of nitrogens with zero attached hydrogens (tertiary/aromatic N) is 2. The maximum Gasteiger partial charge on any atom is 0.325 e. The Labute approximate surface area is 158 Å². The Balaban J connectivity index is 1.72. The minimum atomic E-state index is -1.18. The maximum atomic E-state index is 12.7. The average molecular weight is 389 g/mol. The van der Waals surface area contributed by atoms with Gasteiger partial charge in [-0.2, -0.15) is 5.26 Å². The molecule has 1 saturated heterocycles. The number of carbonyl (C=O) groups is 3. The van der Waals surface area contributed by atoms with E-state index in [1.165, 1.54) is 29.5 Å². The third-order valence-electron chi connectivity index (χ3n) is 3.96. The second-order valence-corrected chi connectivity index (χ2v) is 7.13. The van der Waals surface area contributed by atoms with Crippen LogP contribution >= 0.6 is 22.9 Å². The fourth-order valence-electron chi connectivity index (χ4n) is 2.60. The maximum absolute atomic E-state index is 12.7. The van der Waals surface area contributed by atoms with E-state index in [1.54, 1.807) is 19.1 Å². The minimum absolute atomic E-state index is 0.200. The molecule has 0 saturated carbocycles. The van der Waals surface area contributed by atoms with Gasteiger partial charge in [-0.3, -0.25) is 14.5 Å². The summed E-state index contributed by atoms with van der Waals surface area (Å²) in [6.07, 6.45) is 0. The van der Waals surface area contributed by atoms with Crippen LogP contribution in [0.4, 0.5) is 10.5 Å². The molecule has 0 spiro atoms. The monoisotopic (exact) mass is 388 g/mol. The zero-order valence-electron chi connectivity index (χ0n) is 13.6. The number of hydrogen-bond acceptors (Lipinski definition) is 5. The number of rotatable bonds is 4. The highest BCUT2D eigenvalue weighted by Crippen LogP contribution is 2.31. The van der Waals surface area contributed by atoms with E-state index in [4.69, 9.17) is 16.9 Å². The van der Waals surface area contributed by atoms with Crippen LogP contribution in [0.2, 0.25) is 5.02 Å². The Morgan fingerprint density at radius 3 is 2.81 bits per heavy atom. The molecule has 1 aliphatic rings. The van der Waals surface area contributed by atoms with Gasteiger partial charge < -0.3 is 10.6 Å². The molecule has 1 fully saturated rings. The van der Waals surface area contributed by atoms with Crippen molar-refractivity contribution in [1.29, 1.82) is 5.26 Å². The van der Waals surface area contributed by atoms with Crippen LogP contribution in [0.25, 0.3) is 0 Å². The van der Waals surface area contributed by atoms with Gasteiger partial charge in [0.15, 0.2) is 5.54 Å². The standard InChI is InChI=1S/C17H13ClN4O3S/c1-17(13-3-2-6-26-13)15(24)22(16(25)21-17)9-14(23)20-11-5-4-10(8-19)12(18)7-11/h2-7H,9H2,1H3,(H,20,23)(H,21,25). The SMILES string of the molecule is CC1(c2cccs2)NC(=O)N(CC(=O)Nc2ccc(C#N)c(Cl)c2)C1=O. The third kappa shape index (κ3) is 3.14. The normalized spacial score (nSPS) is 19.2. The molecular formula is C17H13ClN4O3S. The minimum Gasteiger partial charge on any atom is -0.324 e. The summed E-state index contributed by atoms with van der Waals surface area (Å²) in [5, 5.41) is 16.1. The summed E-state index contributed by atoms with van der Waals surface area (Å²) in [5.74, 6) is -1.04. The Hall–Kier alpha value is -2.89. The Bertz CT molecular complexity index is 938. The lowest BCUT2D eigenvalue weighted by atomic mass is 10.0. The summed E-state index contributed by atoms with van der Waals surface area (Å²) in [6.45, 7) is 1.18. The fourth-order valence-corrected chi connectivity index (χ4v) is 3.66. The van der Waals surface area contributed by atoms with E-state index in [0.29, 0.717) is 10.6 Å². The van der Waals surface area contributed by atoms with Gasteiger partial charge >= 0.3 is 6.03 Å². The second-order valence-electron chi connectivity index (χ2n) is 5.78. The van der Waals surface area contributed by atoms with Crippen molar-refractivity contribution in [2.24, 2.45) is 0 Å². The number of amides is 4. The molecule has 1 unspecified atom stereocenters. The number of hydrogen-bond donors (Lipinski definition) is 2. The largest absolute Gasteiger partial charge is 0.325 e. The van der Waals surface area contributed by atoms with E-state index >= 15 is 0 Å². The van der Waals surface area contributed by atoms with Crippen LogP contribution in [0.3, 0.4) is 0 Å². The van der Waals surface area contributed by atoms with Gasteiger partial charge in [0.25, 0.3) is 5.91 Å². The van der Waals surface area contributed by atoms with Crippen LogP contribution < -0.4 is 10.6 Å². The highest BCUT2D eigenvalue weighted by atomic mass is 35.5. The molecule has 1 aliphatic heterocycles. The fraction of sp³-hybridized carbons (Fsp3) is 0.176. The molecule has 2 aromatic rings. The summed E-state index contributed by atoms with van der Waals surface area (Å²) < 4.78 is 0. The number of halogens is 1. The molecule has 1 aromatic heterocycles. The van der Waals surface area contributed by atoms with Crippen molar-refractivity contribution in [3.8, 4) is 6.07 Å². The van der Waals surface area contributed by atoms with Crippen LogP contribution in [0.15, 0.2) is 35.7 Å². The molecule has 2 N–H and O–H groups in total. The summed E-state index contributed by atoms with van der Waals surface area (Å²) in [7, 11) is 0. The van der Waals surface area contributed by atoms with Crippen molar-refractivity contribution >= 4 is 46.5 Å². The van der Waals surface area contributed by atoms with Gasteiger partial charge in [-0.05, 0) is 36.6 Å². The lowest BCUT2D eigenvalue weighted by Gasteiger charge is -2.20. The average Bonchev–Trinajstić information content (AvgIpc) is 3.20. The topological polar surface area (TPSA) is 102 Å². The van der Waals surface area contributed by atoms with Gasteiger partial charge in [0.05, 0.1) is 10.6 Å². The van der Waals surface area contributed by atoms with E-state index in [-0.39, 0.29) is 10.6 Å². The van der Waals surface area contributed by atoms with Crippen molar-refractivity contribution in [3.05, 3.63) is 51.2 Å². The zero-order valence-corrected chi connectivity index (χ0v) is 15.1. The molecule has 4 amide bonds. The first-order chi connectivity index (χ1) is 12.3. The Morgan fingerprint density at radius 1 is 1.42 bits per heavy atom. The van der Waals surface area contributed by atoms with Gasteiger partial charge in [0.1, 0.15) is 12.6 Å². The third-order valence-corrected chi connectivity index (χ3v) is 5.37. The quantitative estimate of drug-likeness (QED) is 0.786. The van der Waals surface area contributed by atoms with Crippen LogP contribution in [0.5, 0.6) is 0 Å². The molecule has 2 heterocycles. The first-order valence-electron chi connectivity index (χ1n) is 7.53. The summed E-state index contributed by atoms with van der Waals surface area (Å²) >= 11 is 7.27. The van der Waals surface area contributed by atoms with Crippen molar-refractivity contribution in [2.75, 3.05) is 11.9 Å². The summed E-state index contributed by atoms with van der Waals surface area (Å²) in [6, 6.07) is 9.25. The zero-order chi connectivity index (χ0) is 18.9. The number of urea groups is 1. The number of nitrogens with one attached hydrogen (secondary N) is 2.